The van der Waals surface area contributed by atoms with Crippen LogP contribution in [0.3, 0.4) is 0 Å². The SMILES string of the molecule is CCOc1cccc(C(COCC(F)(F)F)NN)c1. The maximum atomic E-state index is 12.0. The summed E-state index contributed by atoms with van der Waals surface area (Å²) < 4.78 is 45.8. The van der Waals surface area contributed by atoms with Crippen molar-refractivity contribution < 1.29 is 22.6 Å². The van der Waals surface area contributed by atoms with Gasteiger partial charge in [0.2, 0.25) is 0 Å². The van der Waals surface area contributed by atoms with E-state index in [0.717, 1.165) is 0 Å². The number of ether oxygens (including phenoxy) is 2. The lowest BCUT2D eigenvalue weighted by Gasteiger charge is -2.18. The Morgan fingerprint density at radius 1 is 1.37 bits per heavy atom. The standard InChI is InChI=1S/C12H17F3N2O2/c1-2-19-10-5-3-4-9(6-10)11(17-16)7-18-8-12(13,14)15/h3-6,11,17H,2,7-8,16H2,1H3. The second kappa shape index (κ2) is 7.32. The van der Waals surface area contributed by atoms with Gasteiger partial charge in [0.05, 0.1) is 19.3 Å². The van der Waals surface area contributed by atoms with Crippen molar-refractivity contribution in [3.05, 3.63) is 29.8 Å². The quantitative estimate of drug-likeness (QED) is 0.593. The first-order valence-corrected chi connectivity index (χ1v) is 5.79. The zero-order chi connectivity index (χ0) is 14.3. The summed E-state index contributed by atoms with van der Waals surface area (Å²) in [4.78, 5) is 0. The van der Waals surface area contributed by atoms with Crippen molar-refractivity contribution in [1.29, 1.82) is 0 Å². The van der Waals surface area contributed by atoms with E-state index in [0.29, 0.717) is 17.9 Å². The fourth-order valence-corrected chi connectivity index (χ4v) is 1.52. The third-order valence-electron chi connectivity index (χ3n) is 2.32. The number of nitrogens with two attached hydrogens (primary N) is 1. The third kappa shape index (κ3) is 5.91. The van der Waals surface area contributed by atoms with Gasteiger partial charge in [-0.25, -0.2) is 0 Å². The number of benzene rings is 1. The van der Waals surface area contributed by atoms with Crippen molar-refractivity contribution in [3.63, 3.8) is 0 Å². The zero-order valence-corrected chi connectivity index (χ0v) is 10.5. The summed E-state index contributed by atoms with van der Waals surface area (Å²) >= 11 is 0. The number of rotatable bonds is 7. The van der Waals surface area contributed by atoms with Gasteiger partial charge < -0.3 is 9.47 Å². The highest BCUT2D eigenvalue weighted by atomic mass is 19.4. The molecule has 0 fully saturated rings. The van der Waals surface area contributed by atoms with E-state index in [1.807, 2.05) is 6.92 Å². The Labute approximate surface area is 109 Å². The van der Waals surface area contributed by atoms with Gasteiger partial charge in [-0.3, -0.25) is 11.3 Å². The molecular weight excluding hydrogens is 261 g/mol. The van der Waals surface area contributed by atoms with E-state index in [4.69, 9.17) is 10.6 Å². The maximum Gasteiger partial charge on any atom is 0.411 e. The second-order valence-corrected chi connectivity index (χ2v) is 3.86. The van der Waals surface area contributed by atoms with Crippen LogP contribution >= 0.6 is 0 Å². The summed E-state index contributed by atoms with van der Waals surface area (Å²) in [6, 6.07) is 6.43. The lowest BCUT2D eigenvalue weighted by Crippen LogP contribution is -2.32. The smallest absolute Gasteiger partial charge is 0.411 e. The Morgan fingerprint density at radius 3 is 2.68 bits per heavy atom. The zero-order valence-electron chi connectivity index (χ0n) is 10.5. The number of hydrogen-bond acceptors (Lipinski definition) is 4. The van der Waals surface area contributed by atoms with Gasteiger partial charge in [0.25, 0.3) is 0 Å². The van der Waals surface area contributed by atoms with Gasteiger partial charge >= 0.3 is 6.18 Å². The van der Waals surface area contributed by atoms with Crippen LogP contribution in [0.4, 0.5) is 13.2 Å². The molecule has 108 valence electrons. The number of hydrazine groups is 1. The Hall–Kier alpha value is -1.31. The first-order valence-electron chi connectivity index (χ1n) is 5.79. The number of halogens is 3. The molecule has 1 aromatic carbocycles. The van der Waals surface area contributed by atoms with Crippen molar-refractivity contribution in [2.75, 3.05) is 19.8 Å². The van der Waals surface area contributed by atoms with Gasteiger partial charge in [-0.15, -0.1) is 0 Å². The summed E-state index contributed by atoms with van der Waals surface area (Å²) in [7, 11) is 0. The average Bonchev–Trinajstić information content (AvgIpc) is 2.34. The van der Waals surface area contributed by atoms with Crippen LogP contribution in [0.5, 0.6) is 5.75 Å². The Bertz CT molecular complexity index is 385. The molecule has 0 amide bonds. The maximum absolute atomic E-state index is 12.0. The Balaban J connectivity index is 2.61. The Kier molecular flexibility index (Phi) is 6.07. The molecule has 0 saturated carbocycles. The van der Waals surface area contributed by atoms with E-state index >= 15 is 0 Å². The van der Waals surface area contributed by atoms with Crippen LogP contribution in [0, 0.1) is 0 Å². The van der Waals surface area contributed by atoms with Crippen molar-refractivity contribution in [1.82, 2.24) is 5.43 Å². The average molecular weight is 278 g/mol. The lowest BCUT2D eigenvalue weighted by atomic mass is 10.1. The van der Waals surface area contributed by atoms with Gasteiger partial charge in [-0.2, -0.15) is 13.2 Å². The largest absolute Gasteiger partial charge is 0.494 e. The normalized spacial score (nSPS) is 13.3. The number of hydrogen-bond donors (Lipinski definition) is 2. The Morgan fingerprint density at radius 2 is 2.11 bits per heavy atom. The first-order chi connectivity index (χ1) is 8.96. The fraction of sp³-hybridized carbons (Fsp3) is 0.500. The lowest BCUT2D eigenvalue weighted by molar-refractivity contribution is -0.175. The van der Waals surface area contributed by atoms with E-state index in [-0.39, 0.29) is 6.61 Å². The van der Waals surface area contributed by atoms with Crippen LogP contribution in [0.2, 0.25) is 0 Å². The minimum Gasteiger partial charge on any atom is -0.494 e. The van der Waals surface area contributed by atoms with Crippen molar-refractivity contribution in [2.24, 2.45) is 5.84 Å². The van der Waals surface area contributed by atoms with Crippen LogP contribution in [0.25, 0.3) is 0 Å². The molecule has 0 aliphatic carbocycles. The molecule has 0 radical (unpaired) electrons. The van der Waals surface area contributed by atoms with Crippen molar-refractivity contribution >= 4 is 0 Å². The van der Waals surface area contributed by atoms with Gasteiger partial charge in [0, 0.05) is 0 Å². The molecule has 1 aromatic rings. The summed E-state index contributed by atoms with van der Waals surface area (Å²) in [5, 5.41) is 0. The summed E-state index contributed by atoms with van der Waals surface area (Å²) in [6.07, 6.45) is -4.34. The molecule has 7 heteroatoms. The molecular formula is C12H17F3N2O2. The molecule has 0 bridgehead atoms. The van der Waals surface area contributed by atoms with Crippen molar-refractivity contribution in [3.8, 4) is 5.75 Å². The second-order valence-electron chi connectivity index (χ2n) is 3.86. The fourth-order valence-electron chi connectivity index (χ4n) is 1.52. The predicted octanol–water partition coefficient (Wildman–Crippen LogP) is 2.17. The molecule has 0 aliphatic heterocycles. The third-order valence-corrected chi connectivity index (χ3v) is 2.32. The highest BCUT2D eigenvalue weighted by molar-refractivity contribution is 5.30. The van der Waals surface area contributed by atoms with E-state index in [1.54, 1.807) is 24.3 Å². The van der Waals surface area contributed by atoms with E-state index < -0.39 is 18.8 Å². The van der Waals surface area contributed by atoms with Crippen LogP contribution < -0.4 is 16.0 Å². The molecule has 1 atom stereocenters. The minimum absolute atomic E-state index is 0.175. The summed E-state index contributed by atoms with van der Waals surface area (Å²) in [6.45, 7) is 0.883. The molecule has 1 unspecified atom stereocenters. The molecule has 3 N–H and O–H groups in total. The summed E-state index contributed by atoms with van der Waals surface area (Å²) in [5.41, 5.74) is 3.13. The van der Waals surface area contributed by atoms with E-state index in [9.17, 15) is 13.2 Å². The van der Waals surface area contributed by atoms with Crippen LogP contribution in [0.1, 0.15) is 18.5 Å². The van der Waals surface area contributed by atoms with Gasteiger partial charge in [0.1, 0.15) is 12.4 Å². The molecule has 0 saturated heterocycles. The molecule has 0 spiro atoms. The monoisotopic (exact) mass is 278 g/mol. The highest BCUT2D eigenvalue weighted by Crippen LogP contribution is 2.20. The number of alkyl halides is 3. The van der Waals surface area contributed by atoms with E-state index in [2.05, 4.69) is 10.2 Å². The van der Waals surface area contributed by atoms with Crippen molar-refractivity contribution in [2.45, 2.75) is 19.1 Å². The van der Waals surface area contributed by atoms with Crippen LogP contribution in [-0.4, -0.2) is 26.0 Å². The molecule has 0 aliphatic rings. The predicted molar refractivity (Wildman–Crippen MR) is 64.5 cm³/mol. The van der Waals surface area contributed by atoms with Crippen LogP contribution in [-0.2, 0) is 4.74 Å². The molecule has 0 aromatic heterocycles. The topological polar surface area (TPSA) is 56.5 Å². The summed E-state index contributed by atoms with van der Waals surface area (Å²) in [5.74, 6) is 5.96. The number of nitrogens with one attached hydrogen (secondary N) is 1. The molecule has 1 rings (SSSR count). The van der Waals surface area contributed by atoms with Gasteiger partial charge in [0.15, 0.2) is 0 Å². The molecule has 0 heterocycles. The van der Waals surface area contributed by atoms with Gasteiger partial charge in [-0.05, 0) is 24.6 Å². The minimum atomic E-state index is -4.34. The van der Waals surface area contributed by atoms with Gasteiger partial charge in [-0.1, -0.05) is 12.1 Å². The first kappa shape index (κ1) is 15.7. The van der Waals surface area contributed by atoms with E-state index in [1.165, 1.54) is 0 Å². The highest BCUT2D eigenvalue weighted by Gasteiger charge is 2.28. The molecule has 4 nitrogen and oxygen atoms in total. The van der Waals surface area contributed by atoms with Crippen LogP contribution in [0.15, 0.2) is 24.3 Å². The molecule has 19 heavy (non-hydrogen) atoms.